The lowest BCUT2D eigenvalue weighted by Gasteiger charge is -2.57. The monoisotopic (exact) mass is 428 g/mol. The number of rotatable bonds is 6. The highest BCUT2D eigenvalue weighted by Crippen LogP contribution is 2.66. The Bertz CT molecular complexity index is 708. The zero-order valence-corrected chi connectivity index (χ0v) is 21.1. The quantitative estimate of drug-likeness (QED) is 0.485. The van der Waals surface area contributed by atoms with E-state index in [4.69, 9.17) is 0 Å². The predicted molar refractivity (Wildman–Crippen MR) is 129 cm³/mol. The van der Waals surface area contributed by atoms with Crippen molar-refractivity contribution in [3.8, 4) is 0 Å². The van der Waals surface area contributed by atoms with Crippen molar-refractivity contribution >= 4 is 5.78 Å². The van der Waals surface area contributed by atoms with E-state index in [1.807, 2.05) is 6.08 Å². The Morgan fingerprint density at radius 3 is 2.45 bits per heavy atom. The molecule has 0 aliphatic heterocycles. The van der Waals surface area contributed by atoms with Gasteiger partial charge in [-0.1, -0.05) is 60.0 Å². The van der Waals surface area contributed by atoms with Crippen LogP contribution >= 0.6 is 0 Å². The van der Waals surface area contributed by atoms with Crippen LogP contribution in [0.1, 0.15) is 106 Å². The molecule has 4 rings (SSSR count). The van der Waals surface area contributed by atoms with Crippen LogP contribution in [0, 0.1) is 52.3 Å². The lowest BCUT2D eigenvalue weighted by atomic mass is 9.46. The highest BCUT2D eigenvalue weighted by Gasteiger charge is 2.61. The summed E-state index contributed by atoms with van der Waals surface area (Å²) in [6.45, 7) is 14.6. The molecule has 0 amide bonds. The average molecular weight is 429 g/mol. The smallest absolute Gasteiger partial charge is 0.159 e. The van der Waals surface area contributed by atoms with Crippen molar-refractivity contribution in [2.45, 2.75) is 112 Å². The maximum atomic E-state index is 13.5. The zero-order valence-electron chi connectivity index (χ0n) is 21.1. The summed E-state index contributed by atoms with van der Waals surface area (Å²) in [7, 11) is 0. The Hall–Kier alpha value is -0.630. The van der Waals surface area contributed by atoms with Crippen LogP contribution in [0.25, 0.3) is 0 Å². The maximum Gasteiger partial charge on any atom is 0.159 e. The predicted octanol–water partition coefficient (Wildman–Crippen LogP) is 7.20. The summed E-state index contributed by atoms with van der Waals surface area (Å²) in [6.07, 6.45) is 13.5. The van der Waals surface area contributed by atoms with Gasteiger partial charge >= 0.3 is 0 Å². The van der Waals surface area contributed by atoms with Crippen LogP contribution in [0.5, 0.6) is 0 Å². The first kappa shape index (κ1) is 23.5. The number of fused-ring (bicyclic) bond motifs is 5. The molecule has 0 aromatic carbocycles. The van der Waals surface area contributed by atoms with Crippen LogP contribution < -0.4 is 0 Å². The average Bonchev–Trinajstić information content (AvgIpc) is 3.06. The number of ketones is 1. The van der Waals surface area contributed by atoms with Crippen molar-refractivity contribution in [3.05, 3.63) is 11.6 Å². The molecule has 31 heavy (non-hydrogen) atoms. The van der Waals surface area contributed by atoms with E-state index < -0.39 is 0 Å². The Balaban J connectivity index is 1.52. The molecular weight excluding hydrogens is 380 g/mol. The van der Waals surface area contributed by atoms with Gasteiger partial charge in [0.1, 0.15) is 0 Å². The van der Waals surface area contributed by atoms with Crippen LogP contribution in [0.2, 0.25) is 0 Å². The number of allylic oxidation sites excluding steroid dienone is 1. The van der Waals surface area contributed by atoms with Crippen LogP contribution in [0.15, 0.2) is 11.6 Å². The summed E-state index contributed by atoms with van der Waals surface area (Å²) in [6, 6.07) is 0. The van der Waals surface area contributed by atoms with Gasteiger partial charge in [0.2, 0.25) is 0 Å². The fraction of sp³-hybridized carbons (Fsp3) is 0.897. The maximum absolute atomic E-state index is 13.5. The summed E-state index contributed by atoms with van der Waals surface area (Å²) >= 11 is 0. The van der Waals surface area contributed by atoms with E-state index in [1.165, 1.54) is 50.5 Å². The molecule has 0 bridgehead atoms. The summed E-state index contributed by atoms with van der Waals surface area (Å²) in [5.41, 5.74) is 1.75. The van der Waals surface area contributed by atoms with Gasteiger partial charge in [0.25, 0.3) is 0 Å². The number of aliphatic hydroxyl groups is 1. The molecule has 2 heteroatoms. The van der Waals surface area contributed by atoms with Crippen molar-refractivity contribution in [1.82, 2.24) is 0 Å². The number of carbonyl (C=O) groups is 1. The lowest BCUT2D eigenvalue weighted by Crippen LogP contribution is -2.53. The Morgan fingerprint density at radius 1 is 1.03 bits per heavy atom. The fourth-order valence-electron chi connectivity index (χ4n) is 9.04. The van der Waals surface area contributed by atoms with Crippen LogP contribution in [0.4, 0.5) is 0 Å². The third-order valence-electron chi connectivity index (χ3n) is 11.1. The molecular formula is C29H48O2. The molecule has 2 nitrogen and oxygen atoms in total. The highest BCUT2D eigenvalue weighted by molar-refractivity contribution is 5.94. The minimum absolute atomic E-state index is 0.147. The van der Waals surface area contributed by atoms with Crippen molar-refractivity contribution in [1.29, 1.82) is 0 Å². The van der Waals surface area contributed by atoms with Crippen LogP contribution in [0.3, 0.4) is 0 Å². The largest absolute Gasteiger partial charge is 0.393 e. The van der Waals surface area contributed by atoms with E-state index in [0.717, 1.165) is 42.9 Å². The fourth-order valence-corrected chi connectivity index (χ4v) is 9.04. The van der Waals surface area contributed by atoms with Gasteiger partial charge < -0.3 is 5.11 Å². The lowest BCUT2D eigenvalue weighted by molar-refractivity contribution is -0.135. The van der Waals surface area contributed by atoms with Gasteiger partial charge in [-0.3, -0.25) is 4.79 Å². The molecule has 0 heterocycles. The highest BCUT2D eigenvalue weighted by atomic mass is 16.3. The standard InChI is InChI=1S/C29H48O2/c1-7-20(18(2)3)9-8-19(4)23-10-11-24-27-25(13-15-29(23,24)6)28(5)14-12-22(30)16-21(28)17-26(27)31/h17-20,22-25,27,30H,7-16H2,1-6H3/t19-,20-,22+,23+,24+,25+,27+,28+,29+/m1/s1. The first-order valence-corrected chi connectivity index (χ1v) is 13.5. The summed E-state index contributed by atoms with van der Waals surface area (Å²) in [5.74, 6) is 4.90. The third-order valence-corrected chi connectivity index (χ3v) is 11.1. The summed E-state index contributed by atoms with van der Waals surface area (Å²) < 4.78 is 0. The molecule has 0 radical (unpaired) electrons. The van der Waals surface area contributed by atoms with E-state index in [0.29, 0.717) is 23.0 Å². The first-order valence-electron chi connectivity index (χ1n) is 13.5. The Labute approximate surface area is 191 Å². The van der Waals surface area contributed by atoms with Crippen molar-refractivity contribution in [3.63, 3.8) is 0 Å². The van der Waals surface area contributed by atoms with Gasteiger partial charge in [0.05, 0.1) is 6.10 Å². The SMILES string of the molecule is CC[C@H](CC[C@@H](C)[C@@H]1CC[C@H]2[C@@H]3C(=O)C=C4C[C@@H](O)CC[C@]4(C)[C@H]3CC[C@]21C)C(C)C. The van der Waals surface area contributed by atoms with Gasteiger partial charge in [0.15, 0.2) is 5.78 Å². The molecule has 4 aliphatic rings. The van der Waals surface area contributed by atoms with Crippen molar-refractivity contribution in [2.24, 2.45) is 52.3 Å². The molecule has 3 saturated carbocycles. The molecule has 0 saturated heterocycles. The molecule has 4 aliphatic carbocycles. The molecule has 176 valence electrons. The number of hydrogen-bond donors (Lipinski definition) is 1. The second kappa shape index (κ2) is 8.62. The first-order chi connectivity index (χ1) is 14.6. The van der Waals surface area contributed by atoms with E-state index in [2.05, 4.69) is 41.5 Å². The summed E-state index contributed by atoms with van der Waals surface area (Å²) in [5, 5.41) is 10.2. The Kier molecular flexibility index (Phi) is 6.54. The van der Waals surface area contributed by atoms with Crippen molar-refractivity contribution < 1.29 is 9.90 Å². The van der Waals surface area contributed by atoms with E-state index >= 15 is 0 Å². The number of aliphatic hydroxyl groups excluding tert-OH is 1. The van der Waals surface area contributed by atoms with E-state index in [1.54, 1.807) is 0 Å². The Morgan fingerprint density at radius 2 is 1.77 bits per heavy atom. The topological polar surface area (TPSA) is 37.3 Å². The van der Waals surface area contributed by atoms with Gasteiger partial charge in [0, 0.05) is 5.92 Å². The van der Waals surface area contributed by atoms with Gasteiger partial charge in [-0.25, -0.2) is 0 Å². The molecule has 0 aromatic heterocycles. The number of hydrogen-bond acceptors (Lipinski definition) is 2. The molecule has 9 atom stereocenters. The molecule has 1 N–H and O–H groups in total. The summed E-state index contributed by atoms with van der Waals surface area (Å²) in [4.78, 5) is 13.5. The van der Waals surface area contributed by atoms with Gasteiger partial charge in [-0.2, -0.15) is 0 Å². The molecule has 0 spiro atoms. The second-order valence-electron chi connectivity index (χ2n) is 12.8. The minimum Gasteiger partial charge on any atom is -0.393 e. The second-order valence-corrected chi connectivity index (χ2v) is 12.8. The zero-order chi connectivity index (χ0) is 22.6. The minimum atomic E-state index is -0.243. The molecule has 0 aromatic rings. The third kappa shape index (κ3) is 3.87. The van der Waals surface area contributed by atoms with E-state index in [9.17, 15) is 9.90 Å². The van der Waals surface area contributed by atoms with E-state index in [-0.39, 0.29) is 17.4 Å². The van der Waals surface area contributed by atoms with Crippen LogP contribution in [-0.4, -0.2) is 17.0 Å². The van der Waals surface area contributed by atoms with Crippen LogP contribution in [-0.2, 0) is 4.79 Å². The molecule has 3 fully saturated rings. The normalized spacial score (nSPS) is 44.3. The van der Waals surface area contributed by atoms with Gasteiger partial charge in [-0.15, -0.1) is 0 Å². The van der Waals surface area contributed by atoms with Crippen molar-refractivity contribution in [2.75, 3.05) is 0 Å². The molecule has 0 unspecified atom stereocenters. The number of carbonyl (C=O) groups excluding carboxylic acids is 1. The van der Waals surface area contributed by atoms with Gasteiger partial charge in [-0.05, 0) is 104 Å².